The molecule has 2 atom stereocenters. The molecule has 0 aliphatic carbocycles. The van der Waals surface area contributed by atoms with Gasteiger partial charge in [-0.25, -0.2) is 18.0 Å². The van der Waals surface area contributed by atoms with Crippen LogP contribution in [0.15, 0.2) is 54.6 Å². The fraction of sp³-hybridized carbons (Fsp3) is 0.364. The van der Waals surface area contributed by atoms with Crippen molar-refractivity contribution in [3.05, 3.63) is 54.6 Å². The minimum atomic E-state index is -3.51. The SMILES string of the molecule is CC1CN(S(=O)(=O)CCNC(=O)Nc2cccc(NC(=O)Nc3ccccc3)c2)CC(C)O1. The molecule has 3 rings (SSSR count). The van der Waals surface area contributed by atoms with E-state index in [4.69, 9.17) is 4.74 Å². The molecule has 4 amide bonds. The predicted octanol–water partition coefficient (Wildman–Crippen LogP) is 2.89. The summed E-state index contributed by atoms with van der Waals surface area (Å²) in [4.78, 5) is 24.3. The number of ether oxygens (including phenoxy) is 1. The molecule has 10 nitrogen and oxygen atoms in total. The number of nitrogens with zero attached hydrogens (tertiary/aromatic N) is 1. The molecular weight excluding hydrogens is 446 g/mol. The van der Waals surface area contributed by atoms with Gasteiger partial charge >= 0.3 is 12.1 Å². The first-order valence-electron chi connectivity index (χ1n) is 10.6. The number of morpholine rings is 1. The summed E-state index contributed by atoms with van der Waals surface area (Å²) >= 11 is 0. The maximum atomic E-state index is 12.5. The molecule has 11 heteroatoms. The van der Waals surface area contributed by atoms with Crippen molar-refractivity contribution in [3.63, 3.8) is 0 Å². The minimum absolute atomic E-state index is 0.0360. The molecular formula is C22H29N5O5S. The summed E-state index contributed by atoms with van der Waals surface area (Å²) in [5.41, 5.74) is 1.59. The summed E-state index contributed by atoms with van der Waals surface area (Å²) in [7, 11) is -3.51. The van der Waals surface area contributed by atoms with Gasteiger partial charge in [-0.2, -0.15) is 4.31 Å². The Balaban J connectivity index is 1.46. The van der Waals surface area contributed by atoms with Gasteiger partial charge in [-0.15, -0.1) is 0 Å². The zero-order valence-electron chi connectivity index (χ0n) is 18.6. The number of anilines is 3. The number of carbonyl (C=O) groups excluding carboxylic acids is 2. The van der Waals surface area contributed by atoms with Gasteiger partial charge in [-0.05, 0) is 44.2 Å². The van der Waals surface area contributed by atoms with Gasteiger partial charge in [0.25, 0.3) is 0 Å². The van der Waals surface area contributed by atoms with Gasteiger partial charge in [0.05, 0.1) is 18.0 Å². The first-order valence-corrected chi connectivity index (χ1v) is 12.2. The second-order valence-corrected chi connectivity index (χ2v) is 9.89. The van der Waals surface area contributed by atoms with Crippen LogP contribution in [0.1, 0.15) is 13.8 Å². The molecule has 0 bridgehead atoms. The van der Waals surface area contributed by atoms with Crippen molar-refractivity contribution in [1.29, 1.82) is 0 Å². The molecule has 4 N–H and O–H groups in total. The van der Waals surface area contributed by atoms with Crippen LogP contribution in [0.4, 0.5) is 26.7 Å². The number of benzene rings is 2. The standard InChI is InChI=1S/C22H29N5O5S/c1-16-14-27(15-17(2)32-16)33(30,31)12-11-23-21(28)25-19-9-6-10-20(13-19)26-22(29)24-18-7-4-3-5-8-18/h3-10,13,16-17H,11-12,14-15H2,1-2H3,(H2,23,25,28)(H2,24,26,29). The smallest absolute Gasteiger partial charge is 0.323 e. The van der Waals surface area contributed by atoms with Crippen LogP contribution in [0.3, 0.4) is 0 Å². The zero-order valence-corrected chi connectivity index (χ0v) is 19.4. The Kier molecular flexibility index (Phi) is 8.26. The zero-order chi connectivity index (χ0) is 23.8. The highest BCUT2D eigenvalue weighted by atomic mass is 32.2. The molecule has 0 radical (unpaired) electrons. The van der Waals surface area contributed by atoms with Crippen LogP contribution in [0.25, 0.3) is 0 Å². The van der Waals surface area contributed by atoms with E-state index in [1.807, 2.05) is 32.0 Å². The lowest BCUT2D eigenvalue weighted by molar-refractivity contribution is -0.0440. The topological polar surface area (TPSA) is 129 Å². The van der Waals surface area contributed by atoms with Gasteiger partial charge in [0.1, 0.15) is 0 Å². The van der Waals surface area contributed by atoms with Crippen molar-refractivity contribution >= 4 is 39.1 Å². The molecule has 1 saturated heterocycles. The van der Waals surface area contributed by atoms with E-state index < -0.39 is 22.1 Å². The molecule has 178 valence electrons. The van der Waals surface area contributed by atoms with Crippen LogP contribution in [0.2, 0.25) is 0 Å². The first kappa shape index (κ1) is 24.5. The van der Waals surface area contributed by atoms with Crippen LogP contribution in [0.5, 0.6) is 0 Å². The summed E-state index contributed by atoms with van der Waals surface area (Å²) in [6, 6.07) is 14.7. The summed E-state index contributed by atoms with van der Waals surface area (Å²) in [6.07, 6.45) is -0.342. The van der Waals surface area contributed by atoms with Crippen LogP contribution in [0, 0.1) is 0 Å². The lowest BCUT2D eigenvalue weighted by Crippen LogP contribution is -2.49. The third-order valence-corrected chi connectivity index (χ3v) is 6.64. The summed E-state index contributed by atoms with van der Waals surface area (Å²) in [5, 5.41) is 10.6. The number of hydrogen-bond acceptors (Lipinski definition) is 5. The third-order valence-electron chi connectivity index (χ3n) is 4.84. The molecule has 0 spiro atoms. The number of hydrogen-bond donors (Lipinski definition) is 4. The maximum absolute atomic E-state index is 12.5. The largest absolute Gasteiger partial charge is 0.373 e. The van der Waals surface area contributed by atoms with E-state index in [9.17, 15) is 18.0 Å². The van der Waals surface area contributed by atoms with E-state index in [1.54, 1.807) is 36.4 Å². The molecule has 0 saturated carbocycles. The van der Waals surface area contributed by atoms with Gasteiger partial charge in [-0.1, -0.05) is 24.3 Å². The van der Waals surface area contributed by atoms with Crippen molar-refractivity contribution in [3.8, 4) is 0 Å². The van der Waals surface area contributed by atoms with Crippen molar-refractivity contribution in [2.45, 2.75) is 26.1 Å². The van der Waals surface area contributed by atoms with Crippen LogP contribution >= 0.6 is 0 Å². The molecule has 2 aromatic rings. The molecule has 0 aromatic heterocycles. The second kappa shape index (κ2) is 11.1. The van der Waals surface area contributed by atoms with Crippen molar-refractivity contribution in [1.82, 2.24) is 9.62 Å². The lowest BCUT2D eigenvalue weighted by atomic mass is 10.3. The average molecular weight is 476 g/mol. The Hall–Kier alpha value is -3.15. The Morgan fingerprint density at radius 3 is 2.06 bits per heavy atom. The van der Waals surface area contributed by atoms with Crippen LogP contribution < -0.4 is 21.3 Å². The van der Waals surface area contributed by atoms with Gasteiger partial charge in [0, 0.05) is 36.7 Å². The molecule has 2 aromatic carbocycles. The van der Waals surface area contributed by atoms with Gasteiger partial charge < -0.3 is 26.0 Å². The van der Waals surface area contributed by atoms with Crippen LogP contribution in [-0.4, -0.2) is 62.4 Å². The average Bonchev–Trinajstić information content (AvgIpc) is 2.74. The third kappa shape index (κ3) is 7.74. The number of amides is 4. The number of nitrogens with one attached hydrogen (secondary N) is 4. The molecule has 33 heavy (non-hydrogen) atoms. The summed E-state index contributed by atoms with van der Waals surface area (Å²) in [5.74, 6) is -0.207. The predicted molar refractivity (Wildman–Crippen MR) is 128 cm³/mol. The summed E-state index contributed by atoms with van der Waals surface area (Å²) < 4.78 is 32.1. The fourth-order valence-electron chi connectivity index (χ4n) is 3.45. The highest BCUT2D eigenvalue weighted by molar-refractivity contribution is 7.89. The number of carbonyl (C=O) groups is 2. The molecule has 1 aliphatic heterocycles. The van der Waals surface area contributed by atoms with Crippen molar-refractivity contribution in [2.75, 3.05) is 41.3 Å². The Morgan fingerprint density at radius 2 is 1.42 bits per heavy atom. The van der Waals surface area contributed by atoms with Gasteiger partial charge in [0.15, 0.2) is 0 Å². The molecule has 1 heterocycles. The summed E-state index contributed by atoms with van der Waals surface area (Å²) in [6.45, 7) is 4.23. The van der Waals surface area contributed by atoms with E-state index in [1.165, 1.54) is 4.31 Å². The Morgan fingerprint density at radius 1 is 0.879 bits per heavy atom. The van der Waals surface area contributed by atoms with Gasteiger partial charge in [-0.3, -0.25) is 0 Å². The number of para-hydroxylation sites is 1. The van der Waals surface area contributed by atoms with Gasteiger partial charge in [0.2, 0.25) is 10.0 Å². The second-order valence-electron chi connectivity index (χ2n) is 7.80. The first-order chi connectivity index (χ1) is 15.7. The van der Waals surface area contributed by atoms with E-state index in [2.05, 4.69) is 21.3 Å². The Bertz CT molecular complexity index is 1050. The van der Waals surface area contributed by atoms with Crippen LogP contribution in [-0.2, 0) is 14.8 Å². The molecule has 1 fully saturated rings. The molecule has 2 unspecified atom stereocenters. The number of rotatable bonds is 7. The van der Waals surface area contributed by atoms with Crippen molar-refractivity contribution in [2.24, 2.45) is 0 Å². The monoisotopic (exact) mass is 475 g/mol. The lowest BCUT2D eigenvalue weighted by Gasteiger charge is -2.34. The fourth-order valence-corrected chi connectivity index (χ4v) is 4.94. The normalized spacial score (nSPS) is 18.8. The van der Waals surface area contributed by atoms with Crippen molar-refractivity contribution < 1.29 is 22.7 Å². The van der Waals surface area contributed by atoms with E-state index in [0.717, 1.165) is 0 Å². The highest BCUT2D eigenvalue weighted by Crippen LogP contribution is 2.16. The van der Waals surface area contributed by atoms with E-state index in [-0.39, 0.29) is 24.5 Å². The minimum Gasteiger partial charge on any atom is -0.373 e. The quantitative estimate of drug-likeness (QED) is 0.489. The number of urea groups is 2. The highest BCUT2D eigenvalue weighted by Gasteiger charge is 2.30. The molecule has 1 aliphatic rings. The van der Waals surface area contributed by atoms with E-state index >= 15 is 0 Å². The maximum Gasteiger partial charge on any atom is 0.323 e. The van der Waals surface area contributed by atoms with E-state index in [0.29, 0.717) is 30.2 Å². The number of sulfonamides is 1. The Labute approximate surface area is 193 Å².